The van der Waals surface area contributed by atoms with Gasteiger partial charge in [-0.05, 0) is 30.2 Å². The topological polar surface area (TPSA) is 43.8 Å². The molecule has 3 nitrogen and oxygen atoms in total. The van der Waals surface area contributed by atoms with Crippen LogP contribution >= 0.6 is 23.1 Å². The van der Waals surface area contributed by atoms with Crippen molar-refractivity contribution in [3.8, 4) is 0 Å². The van der Waals surface area contributed by atoms with Gasteiger partial charge in [-0.2, -0.15) is 11.8 Å². The number of thiophene rings is 1. The van der Waals surface area contributed by atoms with Crippen LogP contribution in [0, 0.1) is 0 Å². The molecule has 0 saturated carbocycles. The molecule has 0 amide bonds. The monoisotopic (exact) mass is 307 g/mol. The molecule has 3 heterocycles. The van der Waals surface area contributed by atoms with Crippen LogP contribution in [0.4, 0.5) is 0 Å². The van der Waals surface area contributed by atoms with Crippen molar-refractivity contribution < 1.29 is 0 Å². The molecule has 0 aromatic carbocycles. The Morgan fingerprint density at radius 3 is 3.20 bits per heavy atom. The summed E-state index contributed by atoms with van der Waals surface area (Å²) < 4.78 is 2.23. The number of hydrogen-bond acceptors (Lipinski definition) is 4. The third-order valence-corrected chi connectivity index (χ3v) is 6.06. The summed E-state index contributed by atoms with van der Waals surface area (Å²) in [6, 6.07) is 2.40. The SMILES string of the molecule is CCCn1ccnc1CC(N)c1cc2c(s1)CCSC2. The Morgan fingerprint density at radius 1 is 1.50 bits per heavy atom. The molecule has 3 rings (SSSR count). The molecule has 2 N–H and O–H groups in total. The first-order valence-corrected chi connectivity index (χ1v) is 9.20. The summed E-state index contributed by atoms with van der Waals surface area (Å²) in [5.41, 5.74) is 7.92. The molecule has 5 heteroatoms. The third kappa shape index (κ3) is 2.95. The average Bonchev–Trinajstić information content (AvgIpc) is 3.06. The highest BCUT2D eigenvalue weighted by Gasteiger charge is 2.18. The Balaban J connectivity index is 1.73. The highest BCUT2D eigenvalue weighted by atomic mass is 32.2. The van der Waals surface area contributed by atoms with E-state index in [2.05, 4.69) is 28.7 Å². The van der Waals surface area contributed by atoms with Crippen LogP contribution in [-0.4, -0.2) is 15.3 Å². The fourth-order valence-corrected chi connectivity index (χ4v) is 5.00. The number of nitrogens with zero attached hydrogens (tertiary/aromatic N) is 2. The molecule has 2 aromatic heterocycles. The van der Waals surface area contributed by atoms with Gasteiger partial charge >= 0.3 is 0 Å². The minimum Gasteiger partial charge on any atom is -0.335 e. The lowest BCUT2D eigenvalue weighted by molar-refractivity contribution is 0.602. The summed E-state index contributed by atoms with van der Waals surface area (Å²) in [7, 11) is 0. The molecule has 2 aromatic rings. The van der Waals surface area contributed by atoms with Crippen molar-refractivity contribution in [3.63, 3.8) is 0 Å². The van der Waals surface area contributed by atoms with E-state index in [0.717, 1.165) is 31.0 Å². The number of nitrogens with two attached hydrogens (primary N) is 1. The fraction of sp³-hybridized carbons (Fsp3) is 0.533. The molecule has 1 aliphatic heterocycles. The second kappa shape index (κ2) is 6.33. The number of fused-ring (bicyclic) bond motifs is 1. The van der Waals surface area contributed by atoms with Gasteiger partial charge < -0.3 is 10.3 Å². The number of imidazole rings is 1. The standard InChI is InChI=1S/C15H21N3S2/c1-2-5-18-6-4-17-15(18)9-12(16)14-8-11-10-19-7-3-13(11)20-14/h4,6,8,12H,2-3,5,7,9-10,16H2,1H3. The molecule has 0 fully saturated rings. The van der Waals surface area contributed by atoms with E-state index in [1.54, 1.807) is 4.88 Å². The van der Waals surface area contributed by atoms with Crippen LogP contribution < -0.4 is 5.73 Å². The Kier molecular flexibility index (Phi) is 4.48. The molecule has 1 unspecified atom stereocenters. The summed E-state index contributed by atoms with van der Waals surface area (Å²) in [6.45, 7) is 3.22. The fourth-order valence-electron chi connectivity index (χ4n) is 2.62. The van der Waals surface area contributed by atoms with E-state index in [9.17, 15) is 0 Å². The van der Waals surface area contributed by atoms with Gasteiger partial charge in [-0.3, -0.25) is 0 Å². The van der Waals surface area contributed by atoms with Crippen molar-refractivity contribution >= 4 is 23.1 Å². The van der Waals surface area contributed by atoms with Crippen molar-refractivity contribution in [3.05, 3.63) is 39.6 Å². The molecule has 1 aliphatic rings. The summed E-state index contributed by atoms with van der Waals surface area (Å²) in [4.78, 5) is 7.34. The molecule has 0 radical (unpaired) electrons. The lowest BCUT2D eigenvalue weighted by atomic mass is 10.1. The van der Waals surface area contributed by atoms with Gasteiger partial charge in [0.25, 0.3) is 0 Å². The van der Waals surface area contributed by atoms with E-state index < -0.39 is 0 Å². The van der Waals surface area contributed by atoms with Gasteiger partial charge in [0.2, 0.25) is 0 Å². The maximum atomic E-state index is 6.41. The Labute approximate surface area is 128 Å². The van der Waals surface area contributed by atoms with Crippen LogP contribution in [0.3, 0.4) is 0 Å². The van der Waals surface area contributed by atoms with Gasteiger partial charge in [0.1, 0.15) is 5.82 Å². The van der Waals surface area contributed by atoms with Crippen molar-refractivity contribution in [1.29, 1.82) is 0 Å². The van der Waals surface area contributed by atoms with Crippen LogP contribution in [0.1, 0.15) is 40.5 Å². The smallest absolute Gasteiger partial charge is 0.110 e. The normalized spacial score (nSPS) is 16.1. The van der Waals surface area contributed by atoms with Crippen molar-refractivity contribution in [2.45, 2.75) is 44.5 Å². The summed E-state index contributed by atoms with van der Waals surface area (Å²) >= 11 is 3.94. The summed E-state index contributed by atoms with van der Waals surface area (Å²) in [5.74, 6) is 3.52. The quantitative estimate of drug-likeness (QED) is 0.921. The predicted molar refractivity (Wildman–Crippen MR) is 87.3 cm³/mol. The zero-order chi connectivity index (χ0) is 13.9. The van der Waals surface area contributed by atoms with E-state index in [1.807, 2.05) is 29.3 Å². The van der Waals surface area contributed by atoms with E-state index >= 15 is 0 Å². The first-order chi connectivity index (χ1) is 9.78. The Hall–Kier alpha value is -0.780. The van der Waals surface area contributed by atoms with Crippen LogP contribution in [0.15, 0.2) is 18.5 Å². The minimum atomic E-state index is 0.0774. The summed E-state index contributed by atoms with van der Waals surface area (Å²) in [6.07, 6.45) is 7.11. The minimum absolute atomic E-state index is 0.0774. The van der Waals surface area contributed by atoms with Crippen LogP contribution in [0.5, 0.6) is 0 Å². The molecule has 0 aliphatic carbocycles. The van der Waals surface area contributed by atoms with Gasteiger partial charge in [0.05, 0.1) is 0 Å². The summed E-state index contributed by atoms with van der Waals surface area (Å²) in [5, 5.41) is 0. The van der Waals surface area contributed by atoms with Crippen molar-refractivity contribution in [2.24, 2.45) is 5.73 Å². The number of hydrogen-bond donors (Lipinski definition) is 1. The van der Waals surface area contributed by atoms with Gasteiger partial charge in [0, 0.05) is 46.9 Å². The average molecular weight is 307 g/mol. The highest BCUT2D eigenvalue weighted by molar-refractivity contribution is 7.98. The van der Waals surface area contributed by atoms with E-state index in [4.69, 9.17) is 5.73 Å². The van der Waals surface area contributed by atoms with E-state index in [-0.39, 0.29) is 6.04 Å². The molecular weight excluding hydrogens is 286 g/mol. The second-order valence-electron chi connectivity index (χ2n) is 5.25. The molecule has 108 valence electrons. The van der Waals surface area contributed by atoms with E-state index in [0.29, 0.717) is 0 Å². The van der Waals surface area contributed by atoms with Crippen molar-refractivity contribution in [1.82, 2.24) is 9.55 Å². The number of thioether (sulfide) groups is 1. The van der Waals surface area contributed by atoms with Crippen LogP contribution in [0.2, 0.25) is 0 Å². The van der Waals surface area contributed by atoms with Crippen LogP contribution in [-0.2, 0) is 25.1 Å². The zero-order valence-corrected chi connectivity index (χ0v) is 13.5. The maximum absolute atomic E-state index is 6.41. The molecule has 0 spiro atoms. The first kappa shape index (κ1) is 14.2. The van der Waals surface area contributed by atoms with Crippen LogP contribution in [0.25, 0.3) is 0 Å². The lowest BCUT2D eigenvalue weighted by Crippen LogP contribution is -2.15. The largest absolute Gasteiger partial charge is 0.335 e. The zero-order valence-electron chi connectivity index (χ0n) is 11.8. The molecule has 0 saturated heterocycles. The highest BCUT2D eigenvalue weighted by Crippen LogP contribution is 2.34. The van der Waals surface area contributed by atoms with Gasteiger partial charge in [-0.15, -0.1) is 11.3 Å². The van der Waals surface area contributed by atoms with Gasteiger partial charge in [-0.25, -0.2) is 4.98 Å². The first-order valence-electron chi connectivity index (χ1n) is 7.22. The molecule has 0 bridgehead atoms. The lowest BCUT2D eigenvalue weighted by Gasteiger charge is -2.11. The number of rotatable bonds is 5. The second-order valence-corrected chi connectivity index (χ2v) is 7.52. The maximum Gasteiger partial charge on any atom is 0.110 e. The third-order valence-electron chi connectivity index (χ3n) is 3.68. The molecule has 20 heavy (non-hydrogen) atoms. The van der Waals surface area contributed by atoms with E-state index in [1.165, 1.54) is 22.6 Å². The number of aromatic nitrogens is 2. The molecular formula is C15H21N3S2. The predicted octanol–water partition coefficient (Wildman–Crippen LogP) is 3.39. The molecule has 1 atom stereocenters. The van der Waals surface area contributed by atoms with Crippen molar-refractivity contribution in [2.75, 3.05) is 5.75 Å². The van der Waals surface area contributed by atoms with Gasteiger partial charge in [-0.1, -0.05) is 6.92 Å². The number of aryl methyl sites for hydroxylation is 2. The Bertz CT molecular complexity index is 550. The Morgan fingerprint density at radius 2 is 2.40 bits per heavy atom. The van der Waals surface area contributed by atoms with Gasteiger partial charge in [0.15, 0.2) is 0 Å².